The molecule has 0 amide bonds. The Hall–Kier alpha value is -1.99. The minimum atomic E-state index is -1.10. The number of rotatable bonds is 2. The van der Waals surface area contributed by atoms with Crippen molar-refractivity contribution in [1.82, 2.24) is 0 Å². The summed E-state index contributed by atoms with van der Waals surface area (Å²) in [7, 11) is 0. The van der Waals surface area contributed by atoms with Gasteiger partial charge in [-0.1, -0.05) is 17.5 Å². The Kier molecular flexibility index (Phi) is 4.56. The number of aromatic carboxylic acids is 1. The third-order valence-corrected chi connectivity index (χ3v) is 1.95. The van der Waals surface area contributed by atoms with Gasteiger partial charge < -0.3 is 9.84 Å². The molecular weight excluding hydrogens is 244 g/mol. The molecule has 0 saturated carbocycles. The van der Waals surface area contributed by atoms with Gasteiger partial charge in [0.2, 0.25) is 0 Å². The van der Waals surface area contributed by atoms with Crippen molar-refractivity contribution in [3.63, 3.8) is 0 Å². The summed E-state index contributed by atoms with van der Waals surface area (Å²) in [4.78, 5) is 21.7. The van der Waals surface area contributed by atoms with Gasteiger partial charge >= 0.3 is 11.9 Å². The van der Waals surface area contributed by atoms with Crippen molar-refractivity contribution in [3.8, 4) is 11.8 Å². The standard InChI is InChI=1S/C12H9ClO4/c1-2-17-11(14)4-3-8-5-9(12(15)16)7-10(13)6-8/h5-7H,2H2,1H3,(H,15,16). The first-order chi connectivity index (χ1) is 8.02. The van der Waals surface area contributed by atoms with E-state index in [0.29, 0.717) is 5.56 Å². The third-order valence-electron chi connectivity index (χ3n) is 1.73. The SMILES string of the molecule is CCOC(=O)C#Cc1cc(Cl)cc(C(=O)O)c1. The number of ether oxygens (including phenoxy) is 1. The molecule has 0 aliphatic rings. The van der Waals surface area contributed by atoms with Crippen LogP contribution >= 0.6 is 11.6 Å². The summed E-state index contributed by atoms with van der Waals surface area (Å²) in [6.45, 7) is 1.91. The van der Waals surface area contributed by atoms with Crippen LogP contribution in [-0.4, -0.2) is 23.7 Å². The molecule has 1 aromatic rings. The van der Waals surface area contributed by atoms with Crippen LogP contribution in [0.1, 0.15) is 22.8 Å². The maximum atomic E-state index is 11.0. The van der Waals surface area contributed by atoms with Crippen LogP contribution in [0.15, 0.2) is 18.2 Å². The summed E-state index contributed by atoms with van der Waals surface area (Å²) in [5, 5.41) is 9.05. The zero-order chi connectivity index (χ0) is 12.8. The van der Waals surface area contributed by atoms with Crippen LogP contribution in [-0.2, 0) is 9.53 Å². The lowest BCUT2D eigenvalue weighted by molar-refractivity contribution is -0.136. The predicted octanol–water partition coefficient (Wildman–Crippen LogP) is 1.95. The summed E-state index contributed by atoms with van der Waals surface area (Å²) < 4.78 is 4.61. The molecule has 0 saturated heterocycles. The largest absolute Gasteiger partial charge is 0.478 e. The van der Waals surface area contributed by atoms with Crippen molar-refractivity contribution in [2.45, 2.75) is 6.92 Å². The molecule has 0 aliphatic heterocycles. The number of benzene rings is 1. The van der Waals surface area contributed by atoms with E-state index in [1.807, 2.05) is 0 Å². The summed E-state index contributed by atoms with van der Waals surface area (Å²) in [6.07, 6.45) is 0. The van der Waals surface area contributed by atoms with E-state index >= 15 is 0 Å². The predicted molar refractivity (Wildman–Crippen MR) is 61.9 cm³/mol. The van der Waals surface area contributed by atoms with Crippen molar-refractivity contribution in [1.29, 1.82) is 0 Å². The van der Waals surface area contributed by atoms with E-state index in [0.717, 1.165) is 0 Å². The lowest BCUT2D eigenvalue weighted by atomic mass is 10.1. The van der Waals surface area contributed by atoms with Gasteiger partial charge in [0, 0.05) is 16.5 Å². The Bertz CT molecular complexity index is 511. The molecule has 0 heterocycles. The summed E-state index contributed by atoms with van der Waals surface area (Å²) >= 11 is 5.72. The van der Waals surface area contributed by atoms with Gasteiger partial charge in [-0.2, -0.15) is 0 Å². The van der Waals surface area contributed by atoms with E-state index in [1.54, 1.807) is 6.92 Å². The van der Waals surface area contributed by atoms with Gasteiger partial charge in [-0.25, -0.2) is 9.59 Å². The summed E-state index contributed by atoms with van der Waals surface area (Å²) in [5.74, 6) is 2.96. The number of carbonyl (C=O) groups excluding carboxylic acids is 1. The molecule has 1 rings (SSSR count). The van der Waals surface area contributed by atoms with Gasteiger partial charge in [0.05, 0.1) is 12.2 Å². The average molecular weight is 253 g/mol. The first-order valence-electron chi connectivity index (χ1n) is 4.75. The zero-order valence-electron chi connectivity index (χ0n) is 8.99. The molecule has 0 bridgehead atoms. The average Bonchev–Trinajstić information content (AvgIpc) is 2.26. The zero-order valence-corrected chi connectivity index (χ0v) is 9.75. The maximum absolute atomic E-state index is 11.0. The fourth-order valence-electron chi connectivity index (χ4n) is 1.08. The molecule has 1 N–H and O–H groups in total. The molecular formula is C12H9ClO4. The highest BCUT2D eigenvalue weighted by molar-refractivity contribution is 6.31. The van der Waals surface area contributed by atoms with Crippen molar-refractivity contribution in [2.24, 2.45) is 0 Å². The smallest absolute Gasteiger partial charge is 0.384 e. The van der Waals surface area contributed by atoms with Crippen LogP contribution in [0.25, 0.3) is 0 Å². The van der Waals surface area contributed by atoms with Crippen LogP contribution in [0.4, 0.5) is 0 Å². The topological polar surface area (TPSA) is 63.6 Å². The van der Waals surface area contributed by atoms with E-state index in [1.165, 1.54) is 18.2 Å². The van der Waals surface area contributed by atoms with Gasteiger partial charge in [-0.05, 0) is 25.1 Å². The molecule has 0 radical (unpaired) electrons. The van der Waals surface area contributed by atoms with Crippen LogP contribution in [0.3, 0.4) is 0 Å². The number of esters is 1. The number of halogens is 1. The molecule has 0 aromatic heterocycles. The van der Waals surface area contributed by atoms with Gasteiger partial charge in [-0.3, -0.25) is 0 Å². The van der Waals surface area contributed by atoms with Gasteiger partial charge in [0.1, 0.15) is 0 Å². The normalized spacial score (nSPS) is 9.06. The highest BCUT2D eigenvalue weighted by Gasteiger charge is 2.05. The van der Waals surface area contributed by atoms with Crippen molar-refractivity contribution in [3.05, 3.63) is 34.3 Å². The molecule has 0 aliphatic carbocycles. The number of carboxylic acid groups (broad SMARTS) is 1. The van der Waals surface area contributed by atoms with Crippen LogP contribution < -0.4 is 0 Å². The molecule has 0 atom stereocenters. The van der Waals surface area contributed by atoms with Crippen molar-refractivity contribution in [2.75, 3.05) is 6.61 Å². The van der Waals surface area contributed by atoms with Crippen LogP contribution in [0.5, 0.6) is 0 Å². The first-order valence-corrected chi connectivity index (χ1v) is 5.13. The number of hydrogen-bond acceptors (Lipinski definition) is 3. The van der Waals surface area contributed by atoms with Gasteiger partial charge in [0.15, 0.2) is 0 Å². The number of carboxylic acids is 1. The minimum Gasteiger partial charge on any atom is -0.478 e. The van der Waals surface area contributed by atoms with Crippen LogP contribution in [0.2, 0.25) is 5.02 Å². The Morgan fingerprint density at radius 1 is 1.41 bits per heavy atom. The molecule has 88 valence electrons. The second-order valence-electron chi connectivity index (χ2n) is 3.00. The highest BCUT2D eigenvalue weighted by Crippen LogP contribution is 2.14. The number of carbonyl (C=O) groups is 2. The van der Waals surface area contributed by atoms with E-state index in [4.69, 9.17) is 16.7 Å². The van der Waals surface area contributed by atoms with E-state index in [-0.39, 0.29) is 17.2 Å². The molecule has 4 nitrogen and oxygen atoms in total. The molecule has 5 heteroatoms. The van der Waals surface area contributed by atoms with E-state index in [2.05, 4.69) is 16.6 Å². The highest BCUT2D eigenvalue weighted by atomic mass is 35.5. The van der Waals surface area contributed by atoms with Gasteiger partial charge in [-0.15, -0.1) is 0 Å². The quantitative estimate of drug-likeness (QED) is 0.645. The minimum absolute atomic E-state index is 0.0191. The lowest BCUT2D eigenvalue weighted by Gasteiger charge is -1.97. The van der Waals surface area contributed by atoms with Crippen molar-refractivity contribution < 1.29 is 19.4 Å². The molecule has 17 heavy (non-hydrogen) atoms. The monoisotopic (exact) mass is 252 g/mol. The summed E-state index contributed by atoms with van der Waals surface area (Å²) in [6, 6.07) is 4.11. The second kappa shape index (κ2) is 5.92. The van der Waals surface area contributed by atoms with Crippen molar-refractivity contribution >= 4 is 23.5 Å². The number of hydrogen-bond donors (Lipinski definition) is 1. The van der Waals surface area contributed by atoms with Gasteiger partial charge in [0.25, 0.3) is 0 Å². The molecule has 0 fully saturated rings. The van der Waals surface area contributed by atoms with E-state index in [9.17, 15) is 9.59 Å². The molecule has 0 unspecified atom stereocenters. The van der Waals surface area contributed by atoms with Crippen LogP contribution in [0, 0.1) is 11.8 Å². The Balaban J connectivity index is 2.99. The Labute approximate surface area is 103 Å². The molecule has 0 spiro atoms. The Morgan fingerprint density at radius 2 is 2.12 bits per heavy atom. The second-order valence-corrected chi connectivity index (χ2v) is 3.44. The maximum Gasteiger partial charge on any atom is 0.384 e. The fraction of sp³-hybridized carbons (Fsp3) is 0.167. The fourth-order valence-corrected chi connectivity index (χ4v) is 1.31. The Morgan fingerprint density at radius 3 is 2.71 bits per heavy atom. The lowest BCUT2D eigenvalue weighted by Crippen LogP contribution is -2.00. The van der Waals surface area contributed by atoms with E-state index < -0.39 is 11.9 Å². The summed E-state index contributed by atoms with van der Waals surface area (Å²) in [5.41, 5.74) is 0.369. The molecule has 1 aromatic carbocycles. The first kappa shape index (κ1) is 13.1. The third kappa shape index (κ3) is 4.17.